The van der Waals surface area contributed by atoms with Crippen molar-refractivity contribution in [2.75, 3.05) is 37.7 Å². The van der Waals surface area contributed by atoms with Crippen molar-refractivity contribution in [1.29, 1.82) is 0 Å². The molecule has 2 aromatic heterocycles. The van der Waals surface area contributed by atoms with E-state index in [4.69, 9.17) is 4.74 Å². The summed E-state index contributed by atoms with van der Waals surface area (Å²) in [6, 6.07) is 12.2. The fraction of sp³-hybridized carbons (Fsp3) is 0.435. The number of aromatic nitrogens is 3. The highest BCUT2D eigenvalue weighted by Crippen LogP contribution is 2.19. The first kappa shape index (κ1) is 20.2. The second-order valence-electron chi connectivity index (χ2n) is 8.11. The van der Waals surface area contributed by atoms with Gasteiger partial charge in [0, 0.05) is 56.9 Å². The van der Waals surface area contributed by atoms with Gasteiger partial charge < -0.3 is 19.1 Å². The van der Waals surface area contributed by atoms with Gasteiger partial charge in [0.05, 0.1) is 6.61 Å². The fourth-order valence-electron chi connectivity index (χ4n) is 3.73. The van der Waals surface area contributed by atoms with Crippen LogP contribution in [0.2, 0.25) is 0 Å². The van der Waals surface area contributed by atoms with Crippen molar-refractivity contribution < 1.29 is 9.53 Å². The molecule has 1 aliphatic rings. The van der Waals surface area contributed by atoms with E-state index in [1.807, 2.05) is 23.1 Å². The van der Waals surface area contributed by atoms with Crippen LogP contribution in [0, 0.1) is 5.92 Å². The standard InChI is InChI=1S/C23H29N5O2/c1-18(2)16-30-22-15-21(24-17-25-22)27-11-13-28(14-12-27)23(29)8-10-26-9-7-19-5-3-4-6-20(19)26/h3-7,9,15,17-18H,8,10-14,16H2,1-2H3. The minimum atomic E-state index is 0.205. The molecule has 3 aromatic rings. The van der Waals surface area contributed by atoms with Crippen LogP contribution in [0.15, 0.2) is 48.9 Å². The summed E-state index contributed by atoms with van der Waals surface area (Å²) in [5, 5.41) is 1.21. The minimum absolute atomic E-state index is 0.205. The van der Waals surface area contributed by atoms with Crippen molar-refractivity contribution in [2.45, 2.75) is 26.8 Å². The molecule has 4 rings (SSSR count). The van der Waals surface area contributed by atoms with E-state index < -0.39 is 0 Å². The first-order valence-electron chi connectivity index (χ1n) is 10.6. The van der Waals surface area contributed by atoms with E-state index in [0.717, 1.165) is 18.9 Å². The van der Waals surface area contributed by atoms with Gasteiger partial charge in [-0.05, 0) is 23.4 Å². The summed E-state index contributed by atoms with van der Waals surface area (Å²) in [6.45, 7) is 8.49. The quantitative estimate of drug-likeness (QED) is 0.602. The van der Waals surface area contributed by atoms with Crippen molar-refractivity contribution in [3.05, 3.63) is 48.9 Å². The van der Waals surface area contributed by atoms with Gasteiger partial charge in [0.2, 0.25) is 11.8 Å². The Kier molecular flexibility index (Phi) is 6.16. The maximum Gasteiger partial charge on any atom is 0.224 e. The van der Waals surface area contributed by atoms with E-state index in [9.17, 15) is 4.79 Å². The number of carbonyl (C=O) groups is 1. The summed E-state index contributed by atoms with van der Waals surface area (Å²) in [5.41, 5.74) is 1.18. The highest BCUT2D eigenvalue weighted by molar-refractivity contribution is 5.80. The second kappa shape index (κ2) is 9.15. The molecular weight excluding hydrogens is 378 g/mol. The molecule has 0 saturated carbocycles. The van der Waals surface area contributed by atoms with E-state index >= 15 is 0 Å². The lowest BCUT2D eigenvalue weighted by Gasteiger charge is -2.35. The first-order valence-corrected chi connectivity index (χ1v) is 10.6. The van der Waals surface area contributed by atoms with E-state index in [0.29, 0.717) is 44.5 Å². The average Bonchev–Trinajstić information content (AvgIpc) is 3.19. The Hall–Kier alpha value is -3.09. The SMILES string of the molecule is CC(C)COc1cc(N2CCN(C(=O)CCn3ccc4ccccc43)CC2)ncn1. The molecule has 158 valence electrons. The molecule has 0 radical (unpaired) electrons. The van der Waals surface area contributed by atoms with Crippen molar-refractivity contribution in [3.63, 3.8) is 0 Å². The van der Waals surface area contributed by atoms with Crippen LogP contribution in [0.5, 0.6) is 5.88 Å². The van der Waals surface area contributed by atoms with Crippen molar-refractivity contribution in [3.8, 4) is 5.88 Å². The lowest BCUT2D eigenvalue weighted by atomic mass is 10.2. The summed E-state index contributed by atoms with van der Waals surface area (Å²) in [4.78, 5) is 25.4. The molecule has 0 atom stereocenters. The molecule has 1 fully saturated rings. The minimum Gasteiger partial charge on any atom is -0.477 e. The summed E-state index contributed by atoms with van der Waals surface area (Å²) in [6.07, 6.45) is 4.12. The van der Waals surface area contributed by atoms with Gasteiger partial charge in [0.15, 0.2) is 0 Å². The molecule has 1 aliphatic heterocycles. The summed E-state index contributed by atoms with van der Waals surface area (Å²) in [7, 11) is 0. The van der Waals surface area contributed by atoms with Crippen LogP contribution in [0.1, 0.15) is 20.3 Å². The monoisotopic (exact) mass is 407 g/mol. The predicted molar refractivity (Wildman–Crippen MR) is 118 cm³/mol. The number of rotatable bonds is 7. The molecule has 0 N–H and O–H groups in total. The number of amides is 1. The molecule has 1 amide bonds. The molecule has 7 heteroatoms. The van der Waals surface area contributed by atoms with Gasteiger partial charge in [0.25, 0.3) is 0 Å². The second-order valence-corrected chi connectivity index (χ2v) is 8.11. The number of fused-ring (bicyclic) bond motifs is 1. The first-order chi connectivity index (χ1) is 14.6. The van der Waals surface area contributed by atoms with Crippen LogP contribution in [0.25, 0.3) is 10.9 Å². The van der Waals surface area contributed by atoms with Crippen molar-refractivity contribution in [2.24, 2.45) is 5.92 Å². The van der Waals surface area contributed by atoms with Crippen molar-refractivity contribution >= 4 is 22.6 Å². The van der Waals surface area contributed by atoms with Gasteiger partial charge in [0.1, 0.15) is 12.1 Å². The average molecular weight is 408 g/mol. The predicted octanol–water partition coefficient (Wildman–Crippen LogP) is 3.21. The molecule has 0 bridgehead atoms. The Bertz CT molecular complexity index is 992. The molecule has 30 heavy (non-hydrogen) atoms. The third-order valence-electron chi connectivity index (χ3n) is 5.40. The lowest BCUT2D eigenvalue weighted by Crippen LogP contribution is -2.49. The maximum atomic E-state index is 12.7. The lowest BCUT2D eigenvalue weighted by molar-refractivity contribution is -0.131. The zero-order chi connectivity index (χ0) is 20.9. The molecular formula is C23H29N5O2. The van der Waals surface area contributed by atoms with Gasteiger partial charge in [-0.3, -0.25) is 4.79 Å². The Morgan fingerprint density at radius 3 is 2.70 bits per heavy atom. The summed E-state index contributed by atoms with van der Waals surface area (Å²) in [5.74, 6) is 2.11. The van der Waals surface area contributed by atoms with Crippen LogP contribution in [-0.2, 0) is 11.3 Å². The van der Waals surface area contributed by atoms with E-state index in [1.54, 1.807) is 6.33 Å². The Morgan fingerprint density at radius 1 is 1.10 bits per heavy atom. The van der Waals surface area contributed by atoms with Crippen LogP contribution < -0.4 is 9.64 Å². The van der Waals surface area contributed by atoms with Gasteiger partial charge in [-0.25, -0.2) is 9.97 Å². The topological polar surface area (TPSA) is 63.5 Å². The van der Waals surface area contributed by atoms with E-state index in [2.05, 4.69) is 57.7 Å². The molecule has 0 spiro atoms. The smallest absolute Gasteiger partial charge is 0.224 e. The third-order valence-corrected chi connectivity index (χ3v) is 5.40. The number of anilines is 1. The highest BCUT2D eigenvalue weighted by atomic mass is 16.5. The summed E-state index contributed by atoms with van der Waals surface area (Å²) < 4.78 is 7.87. The molecule has 3 heterocycles. The fourth-order valence-corrected chi connectivity index (χ4v) is 3.73. The van der Waals surface area contributed by atoms with Gasteiger partial charge in [-0.15, -0.1) is 0 Å². The van der Waals surface area contributed by atoms with E-state index in [-0.39, 0.29) is 5.91 Å². The number of benzene rings is 1. The van der Waals surface area contributed by atoms with Gasteiger partial charge in [-0.2, -0.15) is 0 Å². The maximum absolute atomic E-state index is 12.7. The number of ether oxygens (including phenoxy) is 1. The molecule has 7 nitrogen and oxygen atoms in total. The molecule has 0 aliphatic carbocycles. The largest absolute Gasteiger partial charge is 0.477 e. The van der Waals surface area contributed by atoms with Crippen LogP contribution >= 0.6 is 0 Å². The number of hydrogen-bond acceptors (Lipinski definition) is 5. The number of carbonyl (C=O) groups excluding carboxylic acids is 1. The molecule has 0 unspecified atom stereocenters. The van der Waals surface area contributed by atoms with Gasteiger partial charge in [-0.1, -0.05) is 32.0 Å². The number of hydrogen-bond donors (Lipinski definition) is 0. The zero-order valence-corrected chi connectivity index (χ0v) is 17.7. The summed E-state index contributed by atoms with van der Waals surface area (Å²) >= 11 is 0. The number of piperazine rings is 1. The van der Waals surface area contributed by atoms with Gasteiger partial charge >= 0.3 is 0 Å². The van der Waals surface area contributed by atoms with Crippen LogP contribution in [0.3, 0.4) is 0 Å². The van der Waals surface area contributed by atoms with E-state index in [1.165, 1.54) is 10.9 Å². The number of nitrogens with zero attached hydrogens (tertiary/aromatic N) is 5. The normalized spacial score (nSPS) is 14.5. The Balaban J connectivity index is 1.29. The third kappa shape index (κ3) is 4.72. The highest BCUT2D eigenvalue weighted by Gasteiger charge is 2.22. The Morgan fingerprint density at radius 2 is 1.90 bits per heavy atom. The number of para-hydroxylation sites is 1. The van der Waals surface area contributed by atoms with Crippen LogP contribution in [-0.4, -0.2) is 58.1 Å². The van der Waals surface area contributed by atoms with Crippen LogP contribution in [0.4, 0.5) is 5.82 Å². The Labute approximate surface area is 177 Å². The molecule has 1 aromatic carbocycles. The van der Waals surface area contributed by atoms with Crippen molar-refractivity contribution in [1.82, 2.24) is 19.4 Å². The number of aryl methyl sites for hydroxylation is 1. The zero-order valence-electron chi connectivity index (χ0n) is 17.7. The molecule has 1 saturated heterocycles.